The molecule has 2 nitrogen and oxygen atoms in total. The van der Waals surface area contributed by atoms with Crippen LogP contribution in [0.5, 0.6) is 0 Å². The predicted molar refractivity (Wildman–Crippen MR) is 107 cm³/mol. The summed E-state index contributed by atoms with van der Waals surface area (Å²) in [7, 11) is 0. The van der Waals surface area contributed by atoms with Gasteiger partial charge in [0.25, 0.3) is 0 Å². The first-order valence-corrected chi connectivity index (χ1v) is 9.70. The fourth-order valence-corrected chi connectivity index (χ4v) is 4.45. The van der Waals surface area contributed by atoms with E-state index in [1.807, 2.05) is 0 Å². The normalized spacial score (nSPS) is 25.6. The maximum atomic E-state index is 6.43. The maximum absolute atomic E-state index is 6.43. The van der Waals surface area contributed by atoms with Gasteiger partial charge in [0.05, 0.1) is 0 Å². The molecule has 3 atom stereocenters. The third-order valence-electron chi connectivity index (χ3n) is 5.86. The molecule has 0 bridgehead atoms. The number of aryl methyl sites for hydroxylation is 1. The van der Waals surface area contributed by atoms with Crippen LogP contribution in [-0.2, 0) is 6.42 Å². The van der Waals surface area contributed by atoms with Crippen LogP contribution in [-0.4, -0.2) is 12.1 Å². The Bertz CT molecular complexity index is 656. The van der Waals surface area contributed by atoms with Gasteiger partial charge in [0.2, 0.25) is 0 Å². The van der Waals surface area contributed by atoms with Crippen molar-refractivity contribution in [3.8, 4) is 0 Å². The number of hydrogen-bond acceptors (Lipinski definition) is 2. The molecule has 134 valence electrons. The van der Waals surface area contributed by atoms with Crippen LogP contribution in [0.4, 0.5) is 0 Å². The van der Waals surface area contributed by atoms with E-state index in [2.05, 4.69) is 55.7 Å². The fraction of sp³-hybridized carbons (Fsp3) is 0.478. The van der Waals surface area contributed by atoms with E-state index in [9.17, 15) is 0 Å². The highest BCUT2D eigenvalue weighted by Gasteiger charge is 2.36. The van der Waals surface area contributed by atoms with Crippen molar-refractivity contribution < 1.29 is 0 Å². The molecule has 0 saturated heterocycles. The molecule has 0 fully saturated rings. The van der Waals surface area contributed by atoms with Gasteiger partial charge in [-0.2, -0.15) is 0 Å². The summed E-state index contributed by atoms with van der Waals surface area (Å²) in [5, 5.41) is 3.69. The summed E-state index contributed by atoms with van der Waals surface area (Å²) in [6.07, 6.45) is 7.63. The van der Waals surface area contributed by atoms with Gasteiger partial charge < -0.3 is 11.1 Å². The van der Waals surface area contributed by atoms with Crippen molar-refractivity contribution in [1.82, 2.24) is 5.32 Å². The van der Waals surface area contributed by atoms with E-state index in [4.69, 9.17) is 5.73 Å². The van der Waals surface area contributed by atoms with E-state index in [0.717, 1.165) is 37.8 Å². The predicted octanol–water partition coefficient (Wildman–Crippen LogP) is 4.89. The van der Waals surface area contributed by atoms with E-state index in [0.29, 0.717) is 12.0 Å². The van der Waals surface area contributed by atoms with Crippen LogP contribution in [0, 0.1) is 5.92 Å². The van der Waals surface area contributed by atoms with Gasteiger partial charge in [-0.15, -0.1) is 0 Å². The third kappa shape index (κ3) is 4.24. The van der Waals surface area contributed by atoms with Crippen molar-refractivity contribution in [3.63, 3.8) is 0 Å². The van der Waals surface area contributed by atoms with E-state index in [-0.39, 0.29) is 6.04 Å². The highest BCUT2D eigenvalue weighted by Crippen LogP contribution is 2.44. The smallest absolute Gasteiger partial charge is 0.0298 e. The van der Waals surface area contributed by atoms with E-state index in [1.165, 1.54) is 24.0 Å². The molecule has 1 aromatic rings. The Kier molecular flexibility index (Phi) is 5.80. The zero-order chi connectivity index (χ0) is 17.8. The number of benzene rings is 1. The number of allylic oxidation sites excluding steroid dienone is 1. The molecule has 25 heavy (non-hydrogen) atoms. The van der Waals surface area contributed by atoms with Gasteiger partial charge in [-0.05, 0) is 50.5 Å². The number of rotatable bonds is 7. The van der Waals surface area contributed by atoms with Crippen LogP contribution in [0.25, 0.3) is 0 Å². The highest BCUT2D eigenvalue weighted by atomic mass is 14.9. The molecule has 2 heteroatoms. The summed E-state index contributed by atoms with van der Waals surface area (Å²) in [6.45, 7) is 10.8. The minimum Gasteiger partial charge on any atom is -0.386 e. The highest BCUT2D eigenvalue weighted by molar-refractivity contribution is 5.36. The zero-order valence-corrected chi connectivity index (χ0v) is 15.6. The summed E-state index contributed by atoms with van der Waals surface area (Å²) in [5.74, 6) is 0.405. The Morgan fingerprint density at radius 3 is 2.68 bits per heavy atom. The van der Waals surface area contributed by atoms with Crippen LogP contribution in [0.2, 0.25) is 0 Å². The fourth-order valence-electron chi connectivity index (χ4n) is 4.45. The lowest BCUT2D eigenvalue weighted by molar-refractivity contribution is 0.471. The van der Waals surface area contributed by atoms with Crippen LogP contribution >= 0.6 is 0 Å². The molecule has 0 amide bonds. The Morgan fingerprint density at radius 1 is 1.20 bits per heavy atom. The van der Waals surface area contributed by atoms with Gasteiger partial charge in [-0.1, -0.05) is 67.1 Å². The number of hydrogen-bond donors (Lipinski definition) is 2. The lowest BCUT2D eigenvalue weighted by Gasteiger charge is -2.30. The summed E-state index contributed by atoms with van der Waals surface area (Å²) < 4.78 is 0. The Balaban J connectivity index is 1.55. The molecule has 3 N–H and O–H groups in total. The number of nitrogens with two attached hydrogens (primary N) is 1. The summed E-state index contributed by atoms with van der Waals surface area (Å²) in [6, 6.07) is 11.4. The standard InChI is InChI=1S/C23H32N2/c1-4-16(2)23-21-15-20(13-12-19(21)14-22(23)24)25-17(3)10-11-18-8-6-5-7-9-18/h5-9,20,22-23,25H,2-4,10-15,24H2,1H3. The van der Waals surface area contributed by atoms with Crippen molar-refractivity contribution >= 4 is 0 Å². The molecule has 0 radical (unpaired) electrons. The Morgan fingerprint density at radius 2 is 1.96 bits per heavy atom. The molecule has 2 aliphatic rings. The average Bonchev–Trinajstić information content (AvgIpc) is 2.95. The average molecular weight is 337 g/mol. The Hall–Kier alpha value is -1.80. The molecule has 0 aromatic heterocycles. The van der Waals surface area contributed by atoms with Crippen LogP contribution in [0.3, 0.4) is 0 Å². The minimum atomic E-state index is 0.248. The second-order valence-corrected chi connectivity index (χ2v) is 7.66. The van der Waals surface area contributed by atoms with Crippen molar-refractivity contribution in [2.75, 3.05) is 0 Å². The van der Waals surface area contributed by atoms with Gasteiger partial charge in [0.15, 0.2) is 0 Å². The second-order valence-electron chi connectivity index (χ2n) is 7.66. The van der Waals surface area contributed by atoms with Crippen molar-refractivity contribution in [2.24, 2.45) is 11.7 Å². The van der Waals surface area contributed by atoms with Gasteiger partial charge in [0, 0.05) is 23.7 Å². The molecule has 0 spiro atoms. The van der Waals surface area contributed by atoms with Crippen molar-refractivity contribution in [1.29, 1.82) is 0 Å². The summed E-state index contributed by atoms with van der Waals surface area (Å²) in [5.41, 5.74) is 13.5. The maximum Gasteiger partial charge on any atom is 0.0298 e. The first kappa shape index (κ1) is 18.0. The molecule has 2 aliphatic carbocycles. The molecule has 0 heterocycles. The topological polar surface area (TPSA) is 38.0 Å². The number of nitrogens with one attached hydrogen (secondary N) is 1. The molecule has 3 unspecified atom stereocenters. The lowest BCUT2D eigenvalue weighted by Crippen LogP contribution is -2.33. The summed E-state index contributed by atoms with van der Waals surface area (Å²) in [4.78, 5) is 0. The van der Waals surface area contributed by atoms with Gasteiger partial charge >= 0.3 is 0 Å². The van der Waals surface area contributed by atoms with Crippen LogP contribution in [0.1, 0.15) is 51.0 Å². The van der Waals surface area contributed by atoms with E-state index in [1.54, 1.807) is 11.1 Å². The first-order valence-electron chi connectivity index (χ1n) is 9.70. The zero-order valence-electron chi connectivity index (χ0n) is 15.6. The Labute approximate surface area is 152 Å². The molecule has 3 rings (SSSR count). The quantitative estimate of drug-likeness (QED) is 0.696. The van der Waals surface area contributed by atoms with Gasteiger partial charge in [0.1, 0.15) is 0 Å². The van der Waals surface area contributed by atoms with Crippen LogP contribution in [0.15, 0.2) is 65.9 Å². The second kappa shape index (κ2) is 8.05. The van der Waals surface area contributed by atoms with E-state index >= 15 is 0 Å². The molecule has 0 saturated carbocycles. The van der Waals surface area contributed by atoms with Crippen molar-refractivity contribution in [2.45, 2.75) is 64.0 Å². The SMILES string of the molecule is C=C(CCc1ccccc1)NC1CCC2=C(C1)C(C(=C)CC)C(N)C2. The monoisotopic (exact) mass is 336 g/mol. The molecule has 1 aromatic carbocycles. The largest absolute Gasteiger partial charge is 0.386 e. The van der Waals surface area contributed by atoms with Gasteiger partial charge in [-0.25, -0.2) is 0 Å². The summed E-state index contributed by atoms with van der Waals surface area (Å²) >= 11 is 0. The molecular formula is C23H32N2. The van der Waals surface area contributed by atoms with Crippen LogP contribution < -0.4 is 11.1 Å². The molecule has 0 aliphatic heterocycles. The van der Waals surface area contributed by atoms with Crippen molar-refractivity contribution in [3.05, 3.63) is 71.5 Å². The van der Waals surface area contributed by atoms with Gasteiger partial charge in [-0.3, -0.25) is 0 Å². The minimum absolute atomic E-state index is 0.248. The lowest BCUT2D eigenvalue weighted by atomic mass is 9.82. The molecular weight excluding hydrogens is 304 g/mol. The first-order chi connectivity index (χ1) is 12.1. The third-order valence-corrected chi connectivity index (χ3v) is 5.86. The van der Waals surface area contributed by atoms with E-state index < -0.39 is 0 Å².